The lowest BCUT2D eigenvalue weighted by Crippen LogP contribution is -2.09. The van der Waals surface area contributed by atoms with Crippen molar-refractivity contribution in [2.24, 2.45) is 0 Å². The normalized spacial score (nSPS) is 10.2. The van der Waals surface area contributed by atoms with Crippen molar-refractivity contribution >= 4 is 11.8 Å². The minimum absolute atomic E-state index is 0.259. The number of benzene rings is 1. The molecule has 1 aromatic carbocycles. The van der Waals surface area contributed by atoms with Crippen LogP contribution >= 0.6 is 0 Å². The molecule has 0 aliphatic heterocycles. The first-order valence-electron chi connectivity index (χ1n) is 6.89. The number of ether oxygens (including phenoxy) is 1. The number of hydrogen-bond donors (Lipinski definition) is 1. The van der Waals surface area contributed by atoms with Crippen LogP contribution in [0.2, 0.25) is 0 Å². The number of carbonyl (C=O) groups is 1. The van der Waals surface area contributed by atoms with Gasteiger partial charge >= 0.3 is 5.97 Å². The summed E-state index contributed by atoms with van der Waals surface area (Å²) in [6.07, 6.45) is 1.36. The zero-order chi connectivity index (χ0) is 15.2. The molecule has 0 spiro atoms. The van der Waals surface area contributed by atoms with Gasteiger partial charge in [0.05, 0.1) is 6.61 Å². The highest BCUT2D eigenvalue weighted by Crippen LogP contribution is 2.12. The number of nitrogens with one attached hydrogen (secondary N) is 1. The molecule has 0 bridgehead atoms. The topological polar surface area (TPSA) is 64.1 Å². The van der Waals surface area contributed by atoms with E-state index in [0.29, 0.717) is 19.0 Å². The fourth-order valence-electron chi connectivity index (χ4n) is 1.88. The van der Waals surface area contributed by atoms with Gasteiger partial charge in [-0.2, -0.15) is 0 Å². The average molecular weight is 285 g/mol. The molecule has 1 N–H and O–H groups in total. The van der Waals surface area contributed by atoms with Crippen molar-refractivity contribution in [3.63, 3.8) is 0 Å². The van der Waals surface area contributed by atoms with E-state index in [2.05, 4.69) is 47.3 Å². The molecule has 2 aromatic rings. The maximum Gasteiger partial charge on any atom is 0.357 e. The Labute approximate surface area is 124 Å². The zero-order valence-electron chi connectivity index (χ0n) is 12.5. The molecule has 0 saturated carbocycles. The Hall–Kier alpha value is -2.43. The summed E-state index contributed by atoms with van der Waals surface area (Å²) in [5, 5.41) is 3.19. The molecule has 0 saturated heterocycles. The molecular formula is C16H19N3O2. The van der Waals surface area contributed by atoms with Crippen LogP contribution in [0.1, 0.15) is 34.1 Å². The lowest BCUT2D eigenvalue weighted by Gasteiger charge is -2.08. The van der Waals surface area contributed by atoms with Gasteiger partial charge in [0.15, 0.2) is 5.69 Å². The molecule has 2 rings (SSSR count). The molecule has 0 unspecified atom stereocenters. The van der Waals surface area contributed by atoms with Crippen molar-refractivity contribution in [1.82, 2.24) is 9.97 Å². The van der Waals surface area contributed by atoms with Gasteiger partial charge < -0.3 is 10.1 Å². The molecule has 0 radical (unpaired) electrons. The Morgan fingerprint density at radius 1 is 1.19 bits per heavy atom. The van der Waals surface area contributed by atoms with Crippen LogP contribution in [-0.4, -0.2) is 22.5 Å². The van der Waals surface area contributed by atoms with Gasteiger partial charge in [-0.1, -0.05) is 18.2 Å². The van der Waals surface area contributed by atoms with E-state index in [1.165, 1.54) is 17.5 Å². The number of hydrogen-bond acceptors (Lipinski definition) is 5. The van der Waals surface area contributed by atoms with Gasteiger partial charge in [-0.15, -0.1) is 0 Å². The first-order valence-corrected chi connectivity index (χ1v) is 6.89. The number of aryl methyl sites for hydroxylation is 2. The zero-order valence-corrected chi connectivity index (χ0v) is 12.5. The van der Waals surface area contributed by atoms with Crippen molar-refractivity contribution in [3.05, 3.63) is 53.0 Å². The first-order chi connectivity index (χ1) is 10.1. The van der Waals surface area contributed by atoms with Gasteiger partial charge in [-0.3, -0.25) is 0 Å². The third-order valence-corrected chi connectivity index (χ3v) is 3.20. The molecule has 0 fully saturated rings. The summed E-state index contributed by atoms with van der Waals surface area (Å²) >= 11 is 0. The summed E-state index contributed by atoms with van der Waals surface area (Å²) in [5.41, 5.74) is 3.94. The van der Waals surface area contributed by atoms with Crippen LogP contribution in [0.4, 0.5) is 5.82 Å². The number of nitrogens with zero attached hydrogens (tertiary/aromatic N) is 2. The molecule has 1 aromatic heterocycles. The van der Waals surface area contributed by atoms with E-state index in [0.717, 1.165) is 5.56 Å². The van der Waals surface area contributed by atoms with E-state index in [-0.39, 0.29) is 5.69 Å². The lowest BCUT2D eigenvalue weighted by molar-refractivity contribution is 0.0519. The maximum absolute atomic E-state index is 11.6. The van der Waals surface area contributed by atoms with Crippen molar-refractivity contribution < 1.29 is 9.53 Å². The monoisotopic (exact) mass is 285 g/mol. The van der Waals surface area contributed by atoms with E-state index in [1.807, 2.05) is 0 Å². The minimum Gasteiger partial charge on any atom is -0.461 e. The predicted octanol–water partition coefficient (Wildman–Crippen LogP) is 2.88. The Kier molecular flexibility index (Phi) is 4.87. The van der Waals surface area contributed by atoms with Crippen molar-refractivity contribution in [2.75, 3.05) is 11.9 Å². The summed E-state index contributed by atoms with van der Waals surface area (Å²) in [6, 6.07) is 7.90. The second-order valence-electron chi connectivity index (χ2n) is 4.78. The quantitative estimate of drug-likeness (QED) is 0.856. The highest BCUT2D eigenvalue weighted by atomic mass is 16.5. The van der Waals surface area contributed by atoms with Gasteiger partial charge in [0.25, 0.3) is 0 Å². The summed E-state index contributed by atoms with van der Waals surface area (Å²) in [7, 11) is 0. The number of aromatic nitrogens is 2. The third-order valence-electron chi connectivity index (χ3n) is 3.20. The molecule has 1 heterocycles. The van der Waals surface area contributed by atoms with Gasteiger partial charge in [-0.05, 0) is 37.5 Å². The number of carbonyl (C=O) groups excluding carboxylic acids is 1. The first kappa shape index (κ1) is 15.0. The van der Waals surface area contributed by atoms with Crippen LogP contribution in [0, 0.1) is 13.8 Å². The number of esters is 1. The SMILES string of the molecule is CCOC(=O)c1cc(NCc2ccc(C)c(C)c2)ncn1. The standard InChI is InChI=1S/C16H19N3O2/c1-4-21-16(20)14-8-15(19-10-18-14)17-9-13-6-5-11(2)12(3)7-13/h5-8,10H,4,9H2,1-3H3,(H,17,18,19). The highest BCUT2D eigenvalue weighted by molar-refractivity contribution is 5.87. The molecule has 0 amide bonds. The molecular weight excluding hydrogens is 266 g/mol. The summed E-state index contributed by atoms with van der Waals surface area (Å²) in [6.45, 7) is 6.90. The maximum atomic E-state index is 11.6. The van der Waals surface area contributed by atoms with Gasteiger partial charge in [0.2, 0.25) is 0 Å². The van der Waals surface area contributed by atoms with Crippen LogP contribution in [0.5, 0.6) is 0 Å². The van der Waals surface area contributed by atoms with E-state index in [9.17, 15) is 4.79 Å². The van der Waals surface area contributed by atoms with E-state index in [1.54, 1.807) is 13.0 Å². The number of anilines is 1. The second-order valence-corrected chi connectivity index (χ2v) is 4.78. The van der Waals surface area contributed by atoms with Crippen LogP contribution < -0.4 is 5.32 Å². The van der Waals surface area contributed by atoms with Crippen molar-refractivity contribution in [2.45, 2.75) is 27.3 Å². The van der Waals surface area contributed by atoms with Gasteiger partial charge in [0.1, 0.15) is 12.1 Å². The summed E-state index contributed by atoms with van der Waals surface area (Å²) in [4.78, 5) is 19.6. The molecule has 5 heteroatoms. The Bertz CT molecular complexity index is 641. The number of rotatable bonds is 5. The molecule has 110 valence electrons. The van der Waals surface area contributed by atoms with Crippen LogP contribution in [0.3, 0.4) is 0 Å². The smallest absolute Gasteiger partial charge is 0.357 e. The van der Waals surface area contributed by atoms with Gasteiger partial charge in [0, 0.05) is 12.6 Å². The van der Waals surface area contributed by atoms with E-state index >= 15 is 0 Å². The Balaban J connectivity index is 2.04. The summed E-state index contributed by atoms with van der Waals surface area (Å²) in [5.74, 6) is 0.167. The molecule has 0 aliphatic carbocycles. The largest absolute Gasteiger partial charge is 0.461 e. The molecule has 0 aliphatic rings. The second kappa shape index (κ2) is 6.83. The van der Waals surface area contributed by atoms with Crippen molar-refractivity contribution in [3.8, 4) is 0 Å². The molecule has 0 atom stereocenters. The highest BCUT2D eigenvalue weighted by Gasteiger charge is 2.09. The van der Waals surface area contributed by atoms with Crippen molar-refractivity contribution in [1.29, 1.82) is 0 Å². The predicted molar refractivity (Wildman–Crippen MR) is 81.2 cm³/mol. The van der Waals surface area contributed by atoms with E-state index < -0.39 is 5.97 Å². The fraction of sp³-hybridized carbons (Fsp3) is 0.312. The minimum atomic E-state index is -0.436. The Morgan fingerprint density at radius 2 is 2.00 bits per heavy atom. The van der Waals surface area contributed by atoms with E-state index in [4.69, 9.17) is 4.74 Å². The summed E-state index contributed by atoms with van der Waals surface area (Å²) < 4.78 is 4.92. The van der Waals surface area contributed by atoms with Gasteiger partial charge in [-0.25, -0.2) is 14.8 Å². The van der Waals surface area contributed by atoms with Crippen LogP contribution in [-0.2, 0) is 11.3 Å². The third kappa shape index (κ3) is 4.02. The Morgan fingerprint density at radius 3 is 2.71 bits per heavy atom. The fourth-order valence-corrected chi connectivity index (χ4v) is 1.88. The molecule has 5 nitrogen and oxygen atoms in total. The van der Waals surface area contributed by atoms with Crippen LogP contribution in [0.25, 0.3) is 0 Å². The van der Waals surface area contributed by atoms with Crippen LogP contribution in [0.15, 0.2) is 30.6 Å². The lowest BCUT2D eigenvalue weighted by atomic mass is 10.1. The average Bonchev–Trinajstić information content (AvgIpc) is 2.49. The molecule has 21 heavy (non-hydrogen) atoms.